The summed E-state index contributed by atoms with van der Waals surface area (Å²) in [5.41, 5.74) is 1.41. The fourth-order valence-electron chi connectivity index (χ4n) is 2.12. The van der Waals surface area contributed by atoms with E-state index >= 15 is 0 Å². The Morgan fingerprint density at radius 3 is 2.70 bits per heavy atom. The van der Waals surface area contributed by atoms with E-state index in [1.807, 2.05) is 18.2 Å². The van der Waals surface area contributed by atoms with Gasteiger partial charge in [-0.05, 0) is 30.3 Å². The molecule has 2 aromatic carbocycles. The van der Waals surface area contributed by atoms with Crippen LogP contribution in [0.5, 0.6) is 5.75 Å². The van der Waals surface area contributed by atoms with E-state index in [0.29, 0.717) is 21.4 Å². The van der Waals surface area contributed by atoms with Gasteiger partial charge in [-0.3, -0.25) is 0 Å². The van der Waals surface area contributed by atoms with E-state index in [4.69, 9.17) is 32.7 Å². The van der Waals surface area contributed by atoms with Crippen molar-refractivity contribution >= 4 is 41.1 Å². The van der Waals surface area contributed by atoms with E-state index in [-0.39, 0.29) is 11.6 Å². The van der Waals surface area contributed by atoms with Gasteiger partial charge in [-0.2, -0.15) is 0 Å². The molecular formula is C17H11Cl2NO3. The summed E-state index contributed by atoms with van der Waals surface area (Å²) in [5, 5.41) is 0.857. The van der Waals surface area contributed by atoms with Gasteiger partial charge < -0.3 is 9.47 Å². The van der Waals surface area contributed by atoms with Crippen LogP contribution < -0.4 is 4.74 Å². The number of carbonyl (C=O) groups is 1. The zero-order valence-electron chi connectivity index (χ0n) is 12.0. The van der Waals surface area contributed by atoms with Gasteiger partial charge in [0.15, 0.2) is 5.70 Å². The third kappa shape index (κ3) is 3.23. The molecule has 0 N–H and O–H groups in total. The van der Waals surface area contributed by atoms with E-state index in [1.54, 1.807) is 37.5 Å². The smallest absolute Gasteiger partial charge is 0.363 e. The van der Waals surface area contributed by atoms with E-state index in [1.165, 1.54) is 0 Å². The van der Waals surface area contributed by atoms with Crippen molar-refractivity contribution in [3.8, 4) is 5.75 Å². The Kier molecular flexibility index (Phi) is 4.37. The van der Waals surface area contributed by atoms with Crippen LogP contribution in [0.4, 0.5) is 0 Å². The Labute approximate surface area is 143 Å². The second-order valence-electron chi connectivity index (χ2n) is 4.70. The average molecular weight is 348 g/mol. The molecule has 0 aliphatic carbocycles. The molecular weight excluding hydrogens is 337 g/mol. The Morgan fingerprint density at radius 1 is 1.17 bits per heavy atom. The average Bonchev–Trinajstić information content (AvgIpc) is 2.88. The number of nitrogens with zero attached hydrogens (tertiary/aromatic N) is 1. The third-order valence-corrected chi connectivity index (χ3v) is 3.76. The maximum absolute atomic E-state index is 12.0. The second-order valence-corrected chi connectivity index (χ2v) is 5.55. The molecule has 3 rings (SSSR count). The van der Waals surface area contributed by atoms with Crippen molar-refractivity contribution in [2.45, 2.75) is 0 Å². The molecule has 0 spiro atoms. The highest BCUT2D eigenvalue weighted by atomic mass is 35.5. The molecule has 0 atom stereocenters. The first-order chi connectivity index (χ1) is 11.1. The fourth-order valence-corrected chi connectivity index (χ4v) is 2.61. The number of methoxy groups -OCH3 is 1. The van der Waals surface area contributed by atoms with Crippen LogP contribution in [-0.4, -0.2) is 19.0 Å². The van der Waals surface area contributed by atoms with Crippen molar-refractivity contribution in [1.29, 1.82) is 0 Å². The first-order valence-electron chi connectivity index (χ1n) is 6.69. The lowest BCUT2D eigenvalue weighted by atomic mass is 10.1. The third-order valence-electron chi connectivity index (χ3n) is 3.21. The highest BCUT2D eigenvalue weighted by molar-refractivity contribution is 6.37. The largest absolute Gasteiger partial charge is 0.496 e. The molecule has 0 radical (unpaired) electrons. The molecule has 0 unspecified atom stereocenters. The molecule has 0 bridgehead atoms. The van der Waals surface area contributed by atoms with E-state index in [9.17, 15) is 4.79 Å². The Hall–Kier alpha value is -2.30. The summed E-state index contributed by atoms with van der Waals surface area (Å²) in [7, 11) is 1.56. The number of para-hydroxylation sites is 1. The molecule has 23 heavy (non-hydrogen) atoms. The molecule has 0 saturated heterocycles. The summed E-state index contributed by atoms with van der Waals surface area (Å²) in [6.45, 7) is 0. The number of carbonyl (C=O) groups excluding carboxylic acids is 1. The number of esters is 1. The lowest BCUT2D eigenvalue weighted by Gasteiger charge is -2.03. The summed E-state index contributed by atoms with van der Waals surface area (Å²) in [6, 6.07) is 12.2. The van der Waals surface area contributed by atoms with Gasteiger partial charge in [-0.1, -0.05) is 41.4 Å². The van der Waals surface area contributed by atoms with Crippen LogP contribution in [0.3, 0.4) is 0 Å². The molecule has 116 valence electrons. The zero-order valence-corrected chi connectivity index (χ0v) is 13.6. The molecule has 0 fully saturated rings. The minimum Gasteiger partial charge on any atom is -0.496 e. The topological polar surface area (TPSA) is 47.9 Å². The Morgan fingerprint density at radius 2 is 1.96 bits per heavy atom. The maximum atomic E-state index is 12.0. The van der Waals surface area contributed by atoms with Gasteiger partial charge >= 0.3 is 5.97 Å². The van der Waals surface area contributed by atoms with Crippen molar-refractivity contribution in [1.82, 2.24) is 0 Å². The van der Waals surface area contributed by atoms with Crippen molar-refractivity contribution in [3.05, 3.63) is 69.3 Å². The van der Waals surface area contributed by atoms with Crippen molar-refractivity contribution < 1.29 is 14.3 Å². The number of hydrogen-bond acceptors (Lipinski definition) is 4. The molecule has 1 aliphatic rings. The molecule has 6 heteroatoms. The van der Waals surface area contributed by atoms with Crippen LogP contribution in [0.2, 0.25) is 10.0 Å². The normalized spacial score (nSPS) is 15.5. The number of aliphatic imine (C=N–C) groups is 1. The zero-order chi connectivity index (χ0) is 16.4. The Bertz CT molecular complexity index is 843. The molecule has 1 aliphatic heterocycles. The van der Waals surface area contributed by atoms with Crippen LogP contribution in [0.1, 0.15) is 11.1 Å². The second kappa shape index (κ2) is 6.44. The lowest BCUT2D eigenvalue weighted by Crippen LogP contribution is -2.05. The van der Waals surface area contributed by atoms with Crippen LogP contribution in [0.15, 0.2) is 53.2 Å². The minimum absolute atomic E-state index is 0.151. The summed E-state index contributed by atoms with van der Waals surface area (Å²) < 4.78 is 10.5. The van der Waals surface area contributed by atoms with Gasteiger partial charge in [-0.25, -0.2) is 9.79 Å². The molecule has 2 aromatic rings. The van der Waals surface area contributed by atoms with Crippen LogP contribution in [0.25, 0.3) is 6.08 Å². The number of cyclic esters (lactones) is 1. The summed E-state index contributed by atoms with van der Waals surface area (Å²) in [5.74, 6) is 0.246. The Balaban J connectivity index is 2.00. The van der Waals surface area contributed by atoms with Gasteiger partial charge in [0.1, 0.15) is 5.75 Å². The molecule has 4 nitrogen and oxygen atoms in total. The predicted octanol–water partition coefficient (Wildman–Crippen LogP) is 4.35. The molecule has 0 aromatic heterocycles. The summed E-state index contributed by atoms with van der Waals surface area (Å²) >= 11 is 12.0. The van der Waals surface area contributed by atoms with Crippen molar-refractivity contribution in [2.24, 2.45) is 4.99 Å². The monoisotopic (exact) mass is 347 g/mol. The van der Waals surface area contributed by atoms with Crippen molar-refractivity contribution in [2.75, 3.05) is 7.11 Å². The maximum Gasteiger partial charge on any atom is 0.363 e. The SMILES string of the molecule is COc1ccccc1C=C1N=C(c2ccc(Cl)cc2Cl)OC1=O. The first-order valence-corrected chi connectivity index (χ1v) is 7.45. The number of benzene rings is 2. The van der Waals surface area contributed by atoms with Crippen LogP contribution >= 0.6 is 23.2 Å². The van der Waals surface area contributed by atoms with Gasteiger partial charge in [0.05, 0.1) is 17.7 Å². The quantitative estimate of drug-likeness (QED) is 0.612. The fraction of sp³-hybridized carbons (Fsp3) is 0.0588. The van der Waals surface area contributed by atoms with Gasteiger partial charge in [-0.15, -0.1) is 0 Å². The summed E-state index contributed by atoms with van der Waals surface area (Å²) in [4.78, 5) is 16.2. The van der Waals surface area contributed by atoms with Gasteiger partial charge in [0, 0.05) is 10.6 Å². The number of hydrogen-bond donors (Lipinski definition) is 0. The van der Waals surface area contributed by atoms with Gasteiger partial charge in [0.25, 0.3) is 0 Å². The standard InChI is InChI=1S/C17H11Cl2NO3/c1-22-15-5-3-2-4-10(15)8-14-17(21)23-16(20-14)12-7-6-11(18)9-13(12)19/h2-9H,1H3. The number of rotatable bonds is 3. The molecule has 1 heterocycles. The van der Waals surface area contributed by atoms with E-state index < -0.39 is 5.97 Å². The minimum atomic E-state index is -0.545. The predicted molar refractivity (Wildman–Crippen MR) is 90.1 cm³/mol. The van der Waals surface area contributed by atoms with Crippen LogP contribution in [0, 0.1) is 0 Å². The number of ether oxygens (including phenoxy) is 2. The van der Waals surface area contributed by atoms with E-state index in [0.717, 1.165) is 5.56 Å². The summed E-state index contributed by atoms with van der Waals surface area (Å²) in [6.07, 6.45) is 1.61. The highest BCUT2D eigenvalue weighted by Gasteiger charge is 2.26. The molecule has 0 amide bonds. The van der Waals surface area contributed by atoms with Crippen LogP contribution in [-0.2, 0) is 9.53 Å². The van der Waals surface area contributed by atoms with E-state index in [2.05, 4.69) is 4.99 Å². The lowest BCUT2D eigenvalue weighted by molar-refractivity contribution is -0.129. The number of halogens is 2. The van der Waals surface area contributed by atoms with Crippen molar-refractivity contribution in [3.63, 3.8) is 0 Å². The highest BCUT2D eigenvalue weighted by Crippen LogP contribution is 2.27. The first kappa shape index (κ1) is 15.6. The molecule has 0 saturated carbocycles. The van der Waals surface area contributed by atoms with Gasteiger partial charge in [0.2, 0.25) is 5.90 Å².